The Morgan fingerprint density at radius 2 is 1.60 bits per heavy atom. The van der Waals surface area contributed by atoms with Crippen LogP contribution in [0.15, 0.2) is 0 Å². The van der Waals surface area contributed by atoms with E-state index in [9.17, 15) is 21.6 Å². The van der Waals surface area contributed by atoms with E-state index in [4.69, 9.17) is 0 Å². The highest BCUT2D eigenvalue weighted by molar-refractivity contribution is 7.86. The van der Waals surface area contributed by atoms with Gasteiger partial charge in [0.25, 0.3) is 20.2 Å². The van der Waals surface area contributed by atoms with E-state index >= 15 is 0 Å². The molecule has 0 rings (SSSR count). The molecule has 0 aromatic rings. The van der Waals surface area contributed by atoms with E-state index in [-0.39, 0.29) is 6.42 Å². The van der Waals surface area contributed by atoms with Crippen LogP contribution in [0.4, 0.5) is 0 Å². The smallest absolute Gasteiger partial charge is 0.278 e. The van der Waals surface area contributed by atoms with Crippen LogP contribution in [0.3, 0.4) is 0 Å². The summed E-state index contributed by atoms with van der Waals surface area (Å²) in [5.74, 6) is -1.20. The summed E-state index contributed by atoms with van der Waals surface area (Å²) in [6, 6.07) is 0. The van der Waals surface area contributed by atoms with Gasteiger partial charge in [0, 0.05) is 0 Å². The van der Waals surface area contributed by atoms with E-state index < -0.39 is 32.3 Å². The van der Waals surface area contributed by atoms with Crippen molar-refractivity contribution in [2.75, 3.05) is 12.5 Å². The molecule has 0 aromatic heterocycles. The standard InChI is InChI=1S/C10H20O8S2/c1-4-5-6-7-8-9(17-19(2,12)13)10(11)16-18-20(3,14)15/h9H,4-8H2,1-3H3. The van der Waals surface area contributed by atoms with Crippen molar-refractivity contribution in [1.29, 1.82) is 0 Å². The van der Waals surface area contributed by atoms with Gasteiger partial charge in [0.2, 0.25) is 0 Å². The predicted octanol–water partition coefficient (Wildman–Crippen LogP) is 0.736. The maximum atomic E-state index is 11.5. The molecule has 0 N–H and O–H groups in total. The van der Waals surface area contributed by atoms with Crippen LogP contribution in [0.1, 0.15) is 39.0 Å². The fourth-order valence-corrected chi connectivity index (χ4v) is 2.11. The second-order valence-corrected chi connectivity index (χ2v) is 7.46. The van der Waals surface area contributed by atoms with E-state index in [1.807, 2.05) is 6.92 Å². The molecule has 8 nitrogen and oxygen atoms in total. The molecule has 0 radical (unpaired) electrons. The minimum Gasteiger partial charge on any atom is -0.278 e. The Hall–Kier alpha value is -0.710. The second kappa shape index (κ2) is 8.55. The van der Waals surface area contributed by atoms with Gasteiger partial charge >= 0.3 is 5.97 Å². The maximum Gasteiger partial charge on any atom is 0.373 e. The van der Waals surface area contributed by atoms with Gasteiger partial charge in [-0.25, -0.2) is 4.79 Å². The number of rotatable bonds is 10. The average Bonchev–Trinajstić information content (AvgIpc) is 2.27. The molecule has 0 saturated heterocycles. The minimum atomic E-state index is -3.97. The highest BCUT2D eigenvalue weighted by atomic mass is 32.2. The van der Waals surface area contributed by atoms with Crippen LogP contribution in [-0.2, 0) is 38.4 Å². The molecule has 0 aromatic carbocycles. The van der Waals surface area contributed by atoms with Crippen molar-refractivity contribution in [3.8, 4) is 0 Å². The molecule has 1 atom stereocenters. The van der Waals surface area contributed by atoms with Gasteiger partial charge in [0.15, 0.2) is 6.10 Å². The summed E-state index contributed by atoms with van der Waals surface area (Å²) >= 11 is 0. The number of unbranched alkanes of at least 4 members (excludes halogenated alkanes) is 3. The summed E-state index contributed by atoms with van der Waals surface area (Å²) < 4.78 is 51.9. The van der Waals surface area contributed by atoms with Crippen molar-refractivity contribution in [1.82, 2.24) is 0 Å². The highest BCUT2D eigenvalue weighted by Crippen LogP contribution is 2.12. The number of hydrogen-bond acceptors (Lipinski definition) is 8. The summed E-state index contributed by atoms with van der Waals surface area (Å²) in [5, 5.41) is 0. The van der Waals surface area contributed by atoms with Crippen LogP contribution < -0.4 is 0 Å². The molecule has 1 unspecified atom stereocenters. The number of carbonyl (C=O) groups excluding carboxylic acids is 1. The van der Waals surface area contributed by atoms with Gasteiger partial charge in [-0.3, -0.25) is 9.07 Å². The van der Waals surface area contributed by atoms with E-state index in [0.29, 0.717) is 12.7 Å². The van der Waals surface area contributed by atoms with Crippen molar-refractivity contribution >= 4 is 26.2 Å². The molecule has 0 amide bonds. The monoisotopic (exact) mass is 332 g/mol. The van der Waals surface area contributed by atoms with Gasteiger partial charge in [0.05, 0.1) is 12.5 Å². The van der Waals surface area contributed by atoms with Crippen molar-refractivity contribution in [3.05, 3.63) is 0 Å². The lowest BCUT2D eigenvalue weighted by Crippen LogP contribution is -2.29. The predicted molar refractivity (Wildman–Crippen MR) is 70.5 cm³/mol. The zero-order valence-electron chi connectivity index (χ0n) is 11.7. The van der Waals surface area contributed by atoms with Gasteiger partial charge in [-0.05, 0) is 6.42 Å². The van der Waals surface area contributed by atoms with Crippen LogP contribution in [-0.4, -0.2) is 41.4 Å². The molecular weight excluding hydrogens is 312 g/mol. The Balaban J connectivity index is 4.54. The molecule has 10 heteroatoms. The Kier molecular flexibility index (Phi) is 8.25. The van der Waals surface area contributed by atoms with Crippen molar-refractivity contribution < 1.29 is 35.0 Å². The zero-order chi connectivity index (χ0) is 15.8. The molecular formula is C10H20O8S2. The first-order valence-electron chi connectivity index (χ1n) is 6.03. The molecule has 0 spiro atoms. The summed E-state index contributed by atoms with van der Waals surface area (Å²) in [6.45, 7) is 2.00. The molecule has 0 bridgehead atoms. The molecule has 0 aliphatic rings. The van der Waals surface area contributed by atoms with Crippen LogP contribution in [0.2, 0.25) is 0 Å². The lowest BCUT2D eigenvalue weighted by Gasteiger charge is -2.13. The fourth-order valence-electron chi connectivity index (χ4n) is 1.32. The lowest BCUT2D eigenvalue weighted by atomic mass is 10.1. The van der Waals surface area contributed by atoms with Crippen molar-refractivity contribution in [2.45, 2.75) is 45.1 Å². The topological polar surface area (TPSA) is 113 Å². The quantitative estimate of drug-likeness (QED) is 0.249. The Morgan fingerprint density at radius 3 is 2.05 bits per heavy atom. The average molecular weight is 332 g/mol. The Morgan fingerprint density at radius 1 is 1.00 bits per heavy atom. The highest BCUT2D eigenvalue weighted by Gasteiger charge is 2.27. The van der Waals surface area contributed by atoms with Crippen LogP contribution in [0.5, 0.6) is 0 Å². The third kappa shape index (κ3) is 11.1. The first-order valence-corrected chi connectivity index (χ1v) is 9.66. The van der Waals surface area contributed by atoms with Gasteiger partial charge in [-0.1, -0.05) is 36.9 Å². The summed E-state index contributed by atoms with van der Waals surface area (Å²) in [6.07, 6.45) is 3.40. The SMILES string of the molecule is CCCCCCC(OS(C)(=O)=O)C(=O)OOS(C)(=O)=O. The maximum absolute atomic E-state index is 11.5. The Bertz CT molecular complexity index is 493. The third-order valence-corrected chi connectivity index (χ3v) is 3.01. The Labute approximate surface area is 119 Å². The van der Waals surface area contributed by atoms with Gasteiger partial charge in [0.1, 0.15) is 0 Å². The molecule has 0 heterocycles. The summed E-state index contributed by atoms with van der Waals surface area (Å²) in [7, 11) is -7.84. The molecule has 0 aliphatic carbocycles. The molecule has 0 fully saturated rings. The number of hydrogen-bond donors (Lipinski definition) is 0. The van der Waals surface area contributed by atoms with Crippen molar-refractivity contribution in [2.24, 2.45) is 0 Å². The molecule has 120 valence electrons. The summed E-state index contributed by atoms with van der Waals surface area (Å²) in [5.41, 5.74) is 0. The molecule has 20 heavy (non-hydrogen) atoms. The van der Waals surface area contributed by atoms with Gasteiger partial charge in [-0.2, -0.15) is 16.8 Å². The van der Waals surface area contributed by atoms with Gasteiger partial charge < -0.3 is 0 Å². The number of carbonyl (C=O) groups is 1. The van der Waals surface area contributed by atoms with Crippen molar-refractivity contribution in [3.63, 3.8) is 0 Å². The summed E-state index contributed by atoms with van der Waals surface area (Å²) in [4.78, 5) is 15.6. The third-order valence-electron chi connectivity index (χ3n) is 2.11. The fraction of sp³-hybridized carbons (Fsp3) is 0.900. The zero-order valence-corrected chi connectivity index (χ0v) is 13.3. The van der Waals surface area contributed by atoms with Crippen LogP contribution in [0.25, 0.3) is 0 Å². The molecule has 0 saturated carbocycles. The normalized spacial score (nSPS) is 13.9. The lowest BCUT2D eigenvalue weighted by molar-refractivity contribution is -0.218. The van der Waals surface area contributed by atoms with E-state index in [1.54, 1.807) is 0 Å². The largest absolute Gasteiger partial charge is 0.373 e. The van der Waals surface area contributed by atoms with E-state index in [2.05, 4.69) is 13.4 Å². The van der Waals surface area contributed by atoms with E-state index in [1.165, 1.54) is 0 Å². The van der Waals surface area contributed by atoms with Crippen LogP contribution >= 0.6 is 0 Å². The van der Waals surface area contributed by atoms with Gasteiger partial charge in [-0.15, -0.1) is 0 Å². The molecule has 0 aliphatic heterocycles. The van der Waals surface area contributed by atoms with Crippen LogP contribution in [0, 0.1) is 0 Å². The minimum absolute atomic E-state index is 0.0963. The second-order valence-electron chi connectivity index (χ2n) is 4.31. The first-order chi connectivity index (χ1) is 9.05. The van der Waals surface area contributed by atoms with E-state index in [0.717, 1.165) is 25.5 Å². The first kappa shape index (κ1) is 19.3.